The number of nitrogens with one attached hydrogen (secondary N) is 1. The van der Waals surface area contributed by atoms with Gasteiger partial charge in [-0.25, -0.2) is 4.39 Å². The van der Waals surface area contributed by atoms with Gasteiger partial charge in [0, 0.05) is 28.7 Å². The Hall–Kier alpha value is -3.87. The first kappa shape index (κ1) is 23.3. The Morgan fingerprint density at radius 2 is 1.74 bits per heavy atom. The number of ether oxygens (including phenoxy) is 3. The third kappa shape index (κ3) is 4.59. The van der Waals surface area contributed by atoms with Crippen molar-refractivity contribution in [1.29, 1.82) is 0 Å². The summed E-state index contributed by atoms with van der Waals surface area (Å²) in [6, 6.07) is 13.1. The molecule has 0 saturated heterocycles. The van der Waals surface area contributed by atoms with Crippen LogP contribution >= 0.6 is 0 Å². The highest BCUT2D eigenvalue weighted by Crippen LogP contribution is 2.41. The van der Waals surface area contributed by atoms with Crippen molar-refractivity contribution in [3.8, 4) is 28.4 Å². The zero-order chi connectivity index (χ0) is 24.4. The number of carbonyl (C=O) groups is 2. The van der Waals surface area contributed by atoms with Crippen LogP contribution in [-0.2, 0) is 6.42 Å². The number of benzene rings is 3. The molecule has 0 fully saturated rings. The van der Waals surface area contributed by atoms with E-state index in [1.807, 2.05) is 19.1 Å². The number of ketones is 1. The summed E-state index contributed by atoms with van der Waals surface area (Å²) < 4.78 is 31.4. The highest BCUT2D eigenvalue weighted by atomic mass is 19.1. The second kappa shape index (κ2) is 9.55. The molecule has 0 aromatic heterocycles. The summed E-state index contributed by atoms with van der Waals surface area (Å²) in [5, 5.41) is 2.89. The zero-order valence-corrected chi connectivity index (χ0v) is 19.5. The van der Waals surface area contributed by atoms with Crippen LogP contribution in [0, 0.1) is 12.7 Å². The second-order valence-electron chi connectivity index (χ2n) is 8.28. The van der Waals surface area contributed by atoms with Gasteiger partial charge in [-0.2, -0.15) is 0 Å². The zero-order valence-electron chi connectivity index (χ0n) is 19.5. The van der Waals surface area contributed by atoms with Crippen LogP contribution in [-0.4, -0.2) is 38.6 Å². The lowest BCUT2D eigenvalue weighted by molar-refractivity contribution is 0.0932. The van der Waals surface area contributed by atoms with Gasteiger partial charge in [0.15, 0.2) is 17.3 Å². The Morgan fingerprint density at radius 3 is 2.44 bits per heavy atom. The summed E-state index contributed by atoms with van der Waals surface area (Å²) in [5.41, 5.74) is 3.69. The van der Waals surface area contributed by atoms with Crippen LogP contribution in [0.1, 0.15) is 38.8 Å². The van der Waals surface area contributed by atoms with E-state index in [-0.39, 0.29) is 24.3 Å². The summed E-state index contributed by atoms with van der Waals surface area (Å²) >= 11 is 0. The van der Waals surface area contributed by atoms with Crippen molar-refractivity contribution in [3.63, 3.8) is 0 Å². The van der Waals surface area contributed by atoms with E-state index in [1.54, 1.807) is 24.3 Å². The molecule has 6 nitrogen and oxygen atoms in total. The van der Waals surface area contributed by atoms with Gasteiger partial charge in [0.05, 0.1) is 20.8 Å². The third-order valence-corrected chi connectivity index (χ3v) is 5.84. The molecule has 1 heterocycles. The quantitative estimate of drug-likeness (QED) is 0.512. The maximum atomic E-state index is 14.7. The van der Waals surface area contributed by atoms with Crippen molar-refractivity contribution in [2.75, 3.05) is 20.8 Å². The van der Waals surface area contributed by atoms with Crippen molar-refractivity contribution in [1.82, 2.24) is 5.32 Å². The van der Waals surface area contributed by atoms with Gasteiger partial charge in [0.1, 0.15) is 17.7 Å². The average Bonchev–Trinajstić information content (AvgIpc) is 3.24. The summed E-state index contributed by atoms with van der Waals surface area (Å²) in [4.78, 5) is 24.5. The number of hydrogen-bond donors (Lipinski definition) is 1. The maximum absolute atomic E-state index is 14.7. The normalized spacial score (nSPS) is 14.2. The molecule has 3 aromatic rings. The fourth-order valence-electron chi connectivity index (χ4n) is 4.14. The molecule has 0 aliphatic carbocycles. The van der Waals surface area contributed by atoms with E-state index in [0.717, 1.165) is 11.1 Å². The molecule has 1 amide bonds. The Balaban J connectivity index is 1.53. The first-order valence-electron chi connectivity index (χ1n) is 10.9. The van der Waals surface area contributed by atoms with Crippen LogP contribution in [0.4, 0.5) is 4.39 Å². The number of fused-ring (bicyclic) bond motifs is 1. The number of rotatable bonds is 7. The van der Waals surface area contributed by atoms with E-state index in [4.69, 9.17) is 14.2 Å². The first-order valence-corrected chi connectivity index (χ1v) is 10.9. The largest absolute Gasteiger partial charge is 0.493 e. The van der Waals surface area contributed by atoms with Crippen molar-refractivity contribution >= 4 is 11.7 Å². The SMILES string of the molecule is COc1ccc(C(=O)NCC2Cc3cc(C)cc(-c4cc(C(C)=O)ccc4F)c3O2)cc1OC. The second-order valence-corrected chi connectivity index (χ2v) is 8.28. The number of carbonyl (C=O) groups excluding carboxylic acids is 2. The third-order valence-electron chi connectivity index (χ3n) is 5.84. The first-order chi connectivity index (χ1) is 16.3. The molecule has 0 radical (unpaired) electrons. The van der Waals surface area contributed by atoms with Crippen molar-refractivity contribution in [2.24, 2.45) is 0 Å². The van der Waals surface area contributed by atoms with Crippen molar-refractivity contribution in [2.45, 2.75) is 26.4 Å². The van der Waals surface area contributed by atoms with Gasteiger partial charge in [-0.3, -0.25) is 9.59 Å². The van der Waals surface area contributed by atoms with E-state index < -0.39 is 5.82 Å². The van der Waals surface area contributed by atoms with Crippen LogP contribution < -0.4 is 19.5 Å². The monoisotopic (exact) mass is 463 g/mol. The number of halogens is 1. The minimum atomic E-state index is -0.424. The van der Waals surface area contributed by atoms with Gasteiger partial charge in [0.25, 0.3) is 5.91 Å². The Labute approximate surface area is 197 Å². The molecule has 1 atom stereocenters. The lowest BCUT2D eigenvalue weighted by Gasteiger charge is -2.15. The van der Waals surface area contributed by atoms with Gasteiger partial charge in [-0.05, 0) is 67.4 Å². The highest BCUT2D eigenvalue weighted by Gasteiger charge is 2.28. The van der Waals surface area contributed by atoms with Crippen LogP contribution in [0.3, 0.4) is 0 Å². The molecule has 7 heteroatoms. The smallest absolute Gasteiger partial charge is 0.251 e. The Kier molecular flexibility index (Phi) is 6.54. The van der Waals surface area contributed by atoms with Crippen molar-refractivity contribution in [3.05, 3.63) is 76.6 Å². The predicted molar refractivity (Wildman–Crippen MR) is 127 cm³/mol. The van der Waals surface area contributed by atoms with E-state index >= 15 is 0 Å². The van der Waals surface area contributed by atoms with Gasteiger partial charge in [-0.15, -0.1) is 0 Å². The van der Waals surface area contributed by atoms with Gasteiger partial charge in [0.2, 0.25) is 0 Å². The molecule has 1 aliphatic rings. The summed E-state index contributed by atoms with van der Waals surface area (Å²) in [7, 11) is 3.04. The molecule has 3 aromatic carbocycles. The van der Waals surface area contributed by atoms with Crippen molar-refractivity contribution < 1.29 is 28.2 Å². The minimum absolute atomic E-state index is 0.137. The number of Topliss-reactive ketones (excluding diaryl/α,β-unsaturated/α-hetero) is 1. The van der Waals surface area contributed by atoms with Gasteiger partial charge in [-0.1, -0.05) is 6.07 Å². The number of aryl methyl sites for hydroxylation is 1. The van der Waals surface area contributed by atoms with Gasteiger partial charge < -0.3 is 19.5 Å². The molecular formula is C27H26FNO5. The lowest BCUT2D eigenvalue weighted by atomic mass is 9.95. The standard InChI is InChI=1S/C27H26FNO5/c1-15-9-19-11-20(14-29-27(31)18-6-8-24(32-3)25(13-18)33-4)34-26(19)22(10-15)21-12-17(16(2)30)5-7-23(21)28/h5-10,12-13,20H,11,14H2,1-4H3,(H,29,31). The Bertz CT molecular complexity index is 1270. The molecule has 176 valence electrons. The van der Waals surface area contributed by atoms with E-state index in [2.05, 4.69) is 5.32 Å². The molecule has 0 saturated carbocycles. The molecule has 4 rings (SSSR count). The molecular weight excluding hydrogens is 437 g/mol. The van der Waals surface area contributed by atoms with E-state index in [9.17, 15) is 14.0 Å². The number of amides is 1. The molecule has 0 bridgehead atoms. The minimum Gasteiger partial charge on any atom is -0.493 e. The van der Waals surface area contributed by atoms with Gasteiger partial charge >= 0.3 is 0 Å². The molecule has 1 N–H and O–H groups in total. The Morgan fingerprint density at radius 1 is 1.00 bits per heavy atom. The maximum Gasteiger partial charge on any atom is 0.251 e. The topological polar surface area (TPSA) is 73.9 Å². The highest BCUT2D eigenvalue weighted by molar-refractivity contribution is 5.96. The fourth-order valence-corrected chi connectivity index (χ4v) is 4.14. The molecule has 1 aliphatic heterocycles. The lowest BCUT2D eigenvalue weighted by Crippen LogP contribution is -2.34. The summed E-state index contributed by atoms with van der Waals surface area (Å²) in [5.74, 6) is 0.758. The van der Waals surface area contributed by atoms with Crippen LogP contribution in [0.5, 0.6) is 17.2 Å². The van der Waals surface area contributed by atoms with Crippen LogP contribution in [0.25, 0.3) is 11.1 Å². The average molecular weight is 464 g/mol. The molecule has 34 heavy (non-hydrogen) atoms. The van der Waals surface area contributed by atoms with E-state index in [1.165, 1.54) is 33.3 Å². The summed E-state index contributed by atoms with van der Waals surface area (Å²) in [6.07, 6.45) is 0.267. The molecule has 0 spiro atoms. The molecule has 1 unspecified atom stereocenters. The summed E-state index contributed by atoms with van der Waals surface area (Å²) in [6.45, 7) is 3.66. The number of methoxy groups -OCH3 is 2. The fraction of sp³-hybridized carbons (Fsp3) is 0.259. The van der Waals surface area contributed by atoms with Crippen LogP contribution in [0.2, 0.25) is 0 Å². The number of hydrogen-bond acceptors (Lipinski definition) is 5. The van der Waals surface area contributed by atoms with E-state index in [0.29, 0.717) is 45.9 Å². The van der Waals surface area contributed by atoms with Crippen LogP contribution in [0.15, 0.2) is 48.5 Å². The predicted octanol–water partition coefficient (Wildman–Crippen LogP) is 4.75.